The molecule has 0 bridgehead atoms. The minimum Gasteiger partial charge on any atom is -0.370 e. The maximum Gasteiger partial charge on any atom is 0.315 e. The van der Waals surface area contributed by atoms with Crippen LogP contribution in [0.1, 0.15) is 99.3 Å². The lowest BCUT2D eigenvalue weighted by atomic mass is 9.83. The second-order valence-corrected chi connectivity index (χ2v) is 15.0. The van der Waals surface area contributed by atoms with Crippen LogP contribution in [0.2, 0.25) is 0 Å². The van der Waals surface area contributed by atoms with E-state index >= 15 is 0 Å². The zero-order valence-corrected chi connectivity index (χ0v) is 25.1. The van der Waals surface area contributed by atoms with Crippen LogP contribution in [-0.4, -0.2) is 64.6 Å². The summed E-state index contributed by atoms with van der Waals surface area (Å²) in [5, 5.41) is 8.93. The van der Waals surface area contributed by atoms with Crippen LogP contribution >= 0.6 is 0 Å². The van der Waals surface area contributed by atoms with Crippen molar-refractivity contribution >= 4 is 30.0 Å². The summed E-state index contributed by atoms with van der Waals surface area (Å²) in [5.74, 6) is -1.10. The molecule has 0 spiro atoms. The number of carbonyl (C=O) groups excluding carboxylic acids is 5. The number of hydrogen-bond donors (Lipinski definition) is 4. The van der Waals surface area contributed by atoms with Crippen molar-refractivity contribution in [3.63, 3.8) is 0 Å². The van der Waals surface area contributed by atoms with Gasteiger partial charge in [0.25, 0.3) is 0 Å². The molecular formula is C30H49N5O5. The minimum atomic E-state index is -1.38. The number of amides is 5. The minimum absolute atomic E-state index is 0.0779. The summed E-state index contributed by atoms with van der Waals surface area (Å²) >= 11 is 0. The van der Waals surface area contributed by atoms with Gasteiger partial charge in [-0.05, 0) is 54.8 Å². The molecule has 4 aliphatic rings. The van der Waals surface area contributed by atoms with E-state index in [9.17, 15) is 24.0 Å². The Kier molecular flexibility index (Phi) is 8.06. The van der Waals surface area contributed by atoms with Gasteiger partial charge < -0.3 is 31.4 Å². The molecule has 1 heterocycles. The molecule has 5 amide bonds. The van der Waals surface area contributed by atoms with Crippen LogP contribution in [0.15, 0.2) is 0 Å². The van der Waals surface area contributed by atoms with Crippen LogP contribution in [0.4, 0.5) is 4.79 Å². The molecule has 5 N–H and O–H groups in total. The summed E-state index contributed by atoms with van der Waals surface area (Å²) in [6, 6.07) is -2.04. The standard InChI is InChI=1S/C30H49N5O5/c1-27(2,3)23(32-26(40)34-29(6)12-8-7-9-13-29)25(39)35-16-19-21(28(19,4)5)22(35)24(38)33-30(17-36,15-20(31)37)14-18-10-11-18/h17-19,21-23H,7-16H2,1-6H3,(H2,31,37)(H,33,38)(H2,32,34,40)/t19-,21-,22-,23+,30?/m0/s1. The van der Waals surface area contributed by atoms with Gasteiger partial charge in [0.1, 0.15) is 23.9 Å². The van der Waals surface area contributed by atoms with Crippen LogP contribution in [0.3, 0.4) is 0 Å². The number of hydrogen-bond acceptors (Lipinski definition) is 5. The number of piperidine rings is 1. The first-order valence-electron chi connectivity index (χ1n) is 15.0. The third kappa shape index (κ3) is 6.30. The summed E-state index contributed by atoms with van der Waals surface area (Å²) in [6.07, 6.45) is 7.66. The average molecular weight is 560 g/mol. The van der Waals surface area contributed by atoms with Gasteiger partial charge in [0, 0.05) is 12.1 Å². The Morgan fingerprint density at radius 2 is 1.68 bits per heavy atom. The van der Waals surface area contributed by atoms with Crippen LogP contribution in [-0.2, 0) is 19.2 Å². The van der Waals surface area contributed by atoms with Gasteiger partial charge in [-0.15, -0.1) is 0 Å². The van der Waals surface area contributed by atoms with Crippen molar-refractivity contribution in [2.24, 2.45) is 34.3 Å². The molecule has 0 aromatic rings. The van der Waals surface area contributed by atoms with Gasteiger partial charge in [-0.2, -0.15) is 0 Å². The molecular weight excluding hydrogens is 510 g/mol. The van der Waals surface area contributed by atoms with Gasteiger partial charge in [-0.3, -0.25) is 14.4 Å². The van der Waals surface area contributed by atoms with Crippen LogP contribution in [0.5, 0.6) is 0 Å². The van der Waals surface area contributed by atoms with Crippen molar-refractivity contribution < 1.29 is 24.0 Å². The molecule has 224 valence electrons. The summed E-state index contributed by atoms with van der Waals surface area (Å²) < 4.78 is 0. The lowest BCUT2D eigenvalue weighted by Gasteiger charge is -2.40. The van der Waals surface area contributed by atoms with E-state index in [4.69, 9.17) is 5.73 Å². The molecule has 0 radical (unpaired) electrons. The van der Waals surface area contributed by atoms with Crippen molar-refractivity contribution in [1.82, 2.24) is 20.9 Å². The molecule has 1 aliphatic heterocycles. The van der Waals surface area contributed by atoms with E-state index in [1.54, 1.807) is 4.90 Å². The van der Waals surface area contributed by atoms with Crippen LogP contribution in [0.25, 0.3) is 0 Å². The first-order valence-corrected chi connectivity index (χ1v) is 15.0. The fourth-order valence-electron chi connectivity index (χ4n) is 7.28. The Labute approximate surface area is 238 Å². The number of nitrogens with zero attached hydrogens (tertiary/aromatic N) is 1. The van der Waals surface area contributed by atoms with Crippen molar-refractivity contribution in [2.75, 3.05) is 6.54 Å². The predicted molar refractivity (Wildman–Crippen MR) is 151 cm³/mol. The number of nitrogens with two attached hydrogens (primary N) is 1. The molecule has 1 saturated heterocycles. The Morgan fingerprint density at radius 3 is 2.20 bits per heavy atom. The third-order valence-corrected chi connectivity index (χ3v) is 9.96. The summed E-state index contributed by atoms with van der Waals surface area (Å²) in [6.45, 7) is 12.3. The molecule has 4 rings (SSSR count). The van der Waals surface area contributed by atoms with E-state index in [2.05, 4.69) is 29.8 Å². The molecule has 5 atom stereocenters. The molecule has 1 unspecified atom stereocenters. The Morgan fingerprint density at radius 1 is 1.05 bits per heavy atom. The summed E-state index contributed by atoms with van der Waals surface area (Å²) in [7, 11) is 0. The van der Waals surface area contributed by atoms with Gasteiger partial charge in [0.2, 0.25) is 17.7 Å². The fraction of sp³-hybridized carbons (Fsp3) is 0.833. The molecule has 40 heavy (non-hydrogen) atoms. The highest BCUT2D eigenvalue weighted by atomic mass is 16.2. The largest absolute Gasteiger partial charge is 0.370 e. The van der Waals surface area contributed by atoms with Crippen molar-refractivity contribution in [3.8, 4) is 0 Å². The van der Waals surface area contributed by atoms with Gasteiger partial charge >= 0.3 is 6.03 Å². The fourth-order valence-corrected chi connectivity index (χ4v) is 7.28. The van der Waals surface area contributed by atoms with Crippen molar-refractivity contribution in [2.45, 2.75) is 122 Å². The number of carbonyl (C=O) groups is 5. The van der Waals surface area contributed by atoms with E-state index in [1.165, 1.54) is 0 Å². The van der Waals surface area contributed by atoms with Gasteiger partial charge in [-0.25, -0.2) is 4.79 Å². The zero-order valence-electron chi connectivity index (χ0n) is 25.1. The number of urea groups is 1. The maximum absolute atomic E-state index is 14.2. The van der Waals surface area contributed by atoms with E-state index in [1.807, 2.05) is 27.7 Å². The van der Waals surface area contributed by atoms with E-state index < -0.39 is 34.9 Å². The van der Waals surface area contributed by atoms with E-state index in [0.29, 0.717) is 19.3 Å². The number of likely N-dealkylation sites (tertiary alicyclic amines) is 1. The number of aldehydes is 1. The highest BCUT2D eigenvalue weighted by Gasteiger charge is 2.70. The van der Waals surface area contributed by atoms with Gasteiger partial charge in [0.15, 0.2) is 0 Å². The lowest BCUT2D eigenvalue weighted by molar-refractivity contribution is -0.145. The maximum atomic E-state index is 14.2. The van der Waals surface area contributed by atoms with Crippen LogP contribution in [0, 0.1) is 28.6 Å². The SMILES string of the molecule is CC1(NC(=O)N[C@H](C(=O)N2C[C@H]3[C@@H]([C@H]2C(=O)NC(C=O)(CC(N)=O)CC2CC2)C3(C)C)C(C)(C)C)CCCCC1. The Balaban J connectivity index is 1.55. The molecule has 4 fully saturated rings. The lowest BCUT2D eigenvalue weighted by Crippen LogP contribution is -2.63. The highest BCUT2D eigenvalue weighted by Crippen LogP contribution is 2.65. The quantitative estimate of drug-likeness (QED) is 0.304. The molecule has 10 heteroatoms. The molecule has 0 aromatic heterocycles. The number of primary amides is 1. The Hall–Kier alpha value is -2.65. The third-order valence-electron chi connectivity index (χ3n) is 9.96. The first-order chi connectivity index (χ1) is 18.5. The Bertz CT molecular complexity index is 1040. The highest BCUT2D eigenvalue weighted by molar-refractivity contribution is 5.95. The molecule has 3 aliphatic carbocycles. The molecule has 0 aromatic carbocycles. The summed E-state index contributed by atoms with van der Waals surface area (Å²) in [4.78, 5) is 67.0. The van der Waals surface area contributed by atoms with Crippen LogP contribution < -0.4 is 21.7 Å². The van der Waals surface area contributed by atoms with Crippen molar-refractivity contribution in [1.29, 1.82) is 0 Å². The average Bonchev–Trinajstić information content (AvgIpc) is 3.68. The number of nitrogens with one attached hydrogen (secondary N) is 3. The predicted octanol–water partition coefficient (Wildman–Crippen LogP) is 2.64. The van der Waals surface area contributed by atoms with Gasteiger partial charge in [0.05, 0.1) is 6.42 Å². The van der Waals surface area contributed by atoms with Gasteiger partial charge in [-0.1, -0.05) is 66.7 Å². The summed E-state index contributed by atoms with van der Waals surface area (Å²) in [5.41, 5.74) is 3.04. The van der Waals surface area contributed by atoms with Crippen molar-refractivity contribution in [3.05, 3.63) is 0 Å². The first kappa shape index (κ1) is 30.3. The number of fused-ring (bicyclic) bond motifs is 1. The zero-order chi connectivity index (χ0) is 29.7. The van der Waals surface area contributed by atoms with E-state index in [0.717, 1.165) is 44.9 Å². The topological polar surface area (TPSA) is 151 Å². The van der Waals surface area contributed by atoms with E-state index in [-0.39, 0.29) is 47.1 Å². The second-order valence-electron chi connectivity index (χ2n) is 15.0. The monoisotopic (exact) mass is 559 g/mol. The smallest absolute Gasteiger partial charge is 0.315 e. The molecule has 10 nitrogen and oxygen atoms in total. The number of rotatable bonds is 10. The second kappa shape index (κ2) is 10.6. The molecule has 3 saturated carbocycles. The normalized spacial score (nSPS) is 28.9.